The molecule has 1 aliphatic heterocycles. The molecule has 1 aromatic rings. The Hall–Kier alpha value is -1.30. The van der Waals surface area contributed by atoms with Crippen molar-refractivity contribution >= 4 is 23.5 Å². The van der Waals surface area contributed by atoms with Gasteiger partial charge in [-0.25, -0.2) is 13.6 Å². The lowest BCUT2D eigenvalue weighted by molar-refractivity contribution is 0.216. The lowest BCUT2D eigenvalue weighted by atomic mass is 10.3. The number of halogens is 2. The fourth-order valence-corrected chi connectivity index (χ4v) is 2.66. The van der Waals surface area contributed by atoms with Crippen LogP contribution < -0.4 is 5.32 Å². The quantitative estimate of drug-likeness (QED) is 0.840. The molecule has 0 saturated carbocycles. The van der Waals surface area contributed by atoms with Crippen molar-refractivity contribution in [2.45, 2.75) is 12.3 Å². The Morgan fingerprint density at radius 2 is 2.29 bits per heavy atom. The highest BCUT2D eigenvalue weighted by Crippen LogP contribution is 2.24. The fraction of sp³-hybridized carbons (Fsp3) is 0.364. The van der Waals surface area contributed by atoms with E-state index in [2.05, 4.69) is 5.32 Å². The maximum absolute atomic E-state index is 13.3. The van der Waals surface area contributed by atoms with Gasteiger partial charge in [0.25, 0.3) is 0 Å². The largest absolute Gasteiger partial charge is 0.322 e. The summed E-state index contributed by atoms with van der Waals surface area (Å²) in [7, 11) is 0. The summed E-state index contributed by atoms with van der Waals surface area (Å²) in [5.74, 6) is -0.356. The standard InChI is InChI=1S/C11H12F2N2OS/c1-7-15(4-5-17-7)11(16)14-10-6-8(12)2-3-9(10)13/h2-3,6-7H,4-5H2,1H3,(H,14,16). The molecule has 17 heavy (non-hydrogen) atoms. The number of benzene rings is 1. The topological polar surface area (TPSA) is 32.3 Å². The first kappa shape index (κ1) is 12.2. The average Bonchev–Trinajstić information content (AvgIpc) is 2.70. The van der Waals surface area contributed by atoms with Gasteiger partial charge in [-0.2, -0.15) is 0 Å². The Morgan fingerprint density at radius 1 is 1.53 bits per heavy atom. The van der Waals surface area contributed by atoms with Crippen LogP contribution in [0.5, 0.6) is 0 Å². The number of hydrogen-bond acceptors (Lipinski definition) is 2. The van der Waals surface area contributed by atoms with Crippen LogP contribution in [-0.4, -0.2) is 28.6 Å². The third-order valence-corrected chi connectivity index (χ3v) is 3.72. The Morgan fingerprint density at radius 3 is 2.94 bits per heavy atom. The second-order valence-corrected chi connectivity index (χ2v) is 5.14. The van der Waals surface area contributed by atoms with Crippen LogP contribution in [0.25, 0.3) is 0 Å². The van der Waals surface area contributed by atoms with Gasteiger partial charge in [0.05, 0.1) is 11.1 Å². The molecule has 1 fully saturated rings. The van der Waals surface area contributed by atoms with E-state index < -0.39 is 17.7 Å². The predicted octanol–water partition coefficient (Wildman–Crippen LogP) is 2.89. The molecule has 0 aromatic heterocycles. The smallest absolute Gasteiger partial charge is 0.312 e. The molecule has 2 amide bonds. The summed E-state index contributed by atoms with van der Waals surface area (Å²) in [6.45, 7) is 2.52. The minimum absolute atomic E-state index is 0.0617. The van der Waals surface area contributed by atoms with Gasteiger partial charge < -0.3 is 10.2 Å². The summed E-state index contributed by atoms with van der Waals surface area (Å²) in [5.41, 5.74) is -0.126. The number of nitrogens with one attached hydrogen (secondary N) is 1. The van der Waals surface area contributed by atoms with Crippen LogP contribution in [0.3, 0.4) is 0 Å². The maximum atomic E-state index is 13.3. The van der Waals surface area contributed by atoms with Gasteiger partial charge in [0.1, 0.15) is 11.6 Å². The number of urea groups is 1. The molecule has 1 aliphatic rings. The number of amides is 2. The first-order valence-electron chi connectivity index (χ1n) is 5.22. The van der Waals surface area contributed by atoms with Gasteiger partial charge in [-0.1, -0.05) is 0 Å². The molecule has 1 unspecified atom stereocenters. The van der Waals surface area contributed by atoms with Crippen LogP contribution in [0.15, 0.2) is 18.2 Å². The van der Waals surface area contributed by atoms with Crippen LogP contribution in [-0.2, 0) is 0 Å². The number of carbonyl (C=O) groups is 1. The van der Waals surface area contributed by atoms with Crippen molar-refractivity contribution in [2.75, 3.05) is 17.6 Å². The average molecular weight is 258 g/mol. The highest BCUT2D eigenvalue weighted by molar-refractivity contribution is 8.00. The first-order valence-corrected chi connectivity index (χ1v) is 6.27. The van der Waals surface area contributed by atoms with Gasteiger partial charge >= 0.3 is 6.03 Å². The summed E-state index contributed by atoms with van der Waals surface area (Å²) in [5, 5.41) is 2.44. The molecule has 3 nitrogen and oxygen atoms in total. The summed E-state index contributed by atoms with van der Waals surface area (Å²) >= 11 is 1.65. The Labute approximate surface area is 102 Å². The first-order chi connectivity index (χ1) is 8.08. The van der Waals surface area contributed by atoms with E-state index in [0.29, 0.717) is 6.54 Å². The summed E-state index contributed by atoms with van der Waals surface area (Å²) < 4.78 is 26.2. The number of nitrogens with zero attached hydrogens (tertiary/aromatic N) is 1. The summed E-state index contributed by atoms with van der Waals surface area (Å²) in [6, 6.07) is 2.58. The molecule has 0 aliphatic carbocycles. The highest BCUT2D eigenvalue weighted by atomic mass is 32.2. The van der Waals surface area contributed by atoms with Crippen molar-refractivity contribution in [3.05, 3.63) is 29.8 Å². The monoisotopic (exact) mass is 258 g/mol. The van der Waals surface area contributed by atoms with E-state index in [1.165, 1.54) is 0 Å². The molecule has 1 N–H and O–H groups in total. The van der Waals surface area contributed by atoms with Crippen molar-refractivity contribution in [3.63, 3.8) is 0 Å². The normalized spacial score (nSPS) is 19.5. The summed E-state index contributed by atoms with van der Waals surface area (Å²) in [6.07, 6.45) is 0. The van der Waals surface area contributed by atoms with Crippen LogP contribution in [0.2, 0.25) is 0 Å². The highest BCUT2D eigenvalue weighted by Gasteiger charge is 2.26. The minimum Gasteiger partial charge on any atom is -0.312 e. The van der Waals surface area contributed by atoms with E-state index in [1.807, 2.05) is 6.92 Å². The fourth-order valence-electron chi connectivity index (χ4n) is 1.64. The maximum Gasteiger partial charge on any atom is 0.322 e. The summed E-state index contributed by atoms with van der Waals surface area (Å²) in [4.78, 5) is 13.4. The second-order valence-electron chi connectivity index (χ2n) is 3.72. The molecule has 1 saturated heterocycles. The number of rotatable bonds is 1. The Kier molecular flexibility index (Phi) is 3.51. The van der Waals surface area contributed by atoms with Crippen molar-refractivity contribution < 1.29 is 13.6 Å². The molecule has 1 aromatic carbocycles. The molecule has 92 valence electrons. The number of hydrogen-bond donors (Lipinski definition) is 1. The lowest BCUT2D eigenvalue weighted by Gasteiger charge is -2.21. The van der Waals surface area contributed by atoms with E-state index in [-0.39, 0.29) is 11.1 Å². The van der Waals surface area contributed by atoms with E-state index in [9.17, 15) is 13.6 Å². The Balaban J connectivity index is 2.10. The van der Waals surface area contributed by atoms with Gasteiger partial charge in [0, 0.05) is 18.4 Å². The number of carbonyl (C=O) groups excluding carboxylic acids is 1. The van der Waals surface area contributed by atoms with Gasteiger partial charge in [-0.15, -0.1) is 11.8 Å². The van der Waals surface area contributed by atoms with Gasteiger partial charge in [-0.05, 0) is 19.1 Å². The zero-order chi connectivity index (χ0) is 12.4. The van der Waals surface area contributed by atoms with Gasteiger partial charge in [0.15, 0.2) is 0 Å². The number of anilines is 1. The third kappa shape index (κ3) is 2.69. The SMILES string of the molecule is CC1SCCN1C(=O)Nc1cc(F)ccc1F. The van der Waals surface area contributed by atoms with E-state index in [1.54, 1.807) is 16.7 Å². The second kappa shape index (κ2) is 4.91. The van der Waals surface area contributed by atoms with Crippen molar-refractivity contribution in [2.24, 2.45) is 0 Å². The Bertz CT molecular complexity index is 441. The van der Waals surface area contributed by atoms with Gasteiger partial charge in [-0.3, -0.25) is 0 Å². The lowest BCUT2D eigenvalue weighted by Crippen LogP contribution is -2.36. The molecule has 2 rings (SSSR count). The molecule has 0 spiro atoms. The molecule has 1 heterocycles. The van der Waals surface area contributed by atoms with Crippen LogP contribution in [0.1, 0.15) is 6.92 Å². The minimum atomic E-state index is -0.640. The predicted molar refractivity (Wildman–Crippen MR) is 64.0 cm³/mol. The van der Waals surface area contributed by atoms with Crippen LogP contribution >= 0.6 is 11.8 Å². The van der Waals surface area contributed by atoms with Crippen LogP contribution in [0, 0.1) is 11.6 Å². The molecular weight excluding hydrogens is 246 g/mol. The van der Waals surface area contributed by atoms with E-state index >= 15 is 0 Å². The van der Waals surface area contributed by atoms with E-state index in [0.717, 1.165) is 24.0 Å². The molecule has 0 radical (unpaired) electrons. The zero-order valence-corrected chi connectivity index (χ0v) is 10.1. The number of thioether (sulfide) groups is 1. The van der Waals surface area contributed by atoms with Crippen molar-refractivity contribution in [1.29, 1.82) is 0 Å². The molecule has 0 bridgehead atoms. The third-order valence-electron chi connectivity index (χ3n) is 2.56. The molecular formula is C11H12F2N2OS. The van der Waals surface area contributed by atoms with Gasteiger partial charge in [0.2, 0.25) is 0 Å². The van der Waals surface area contributed by atoms with Crippen molar-refractivity contribution in [3.8, 4) is 0 Å². The zero-order valence-electron chi connectivity index (χ0n) is 9.24. The molecule has 1 atom stereocenters. The van der Waals surface area contributed by atoms with Crippen LogP contribution in [0.4, 0.5) is 19.3 Å². The van der Waals surface area contributed by atoms with E-state index in [4.69, 9.17) is 0 Å². The molecule has 6 heteroatoms. The van der Waals surface area contributed by atoms with Crippen molar-refractivity contribution in [1.82, 2.24) is 4.90 Å².